The molecule has 0 aliphatic carbocycles. The average Bonchev–Trinajstić information content (AvgIpc) is 2.40. The Labute approximate surface area is 102 Å². The summed E-state index contributed by atoms with van der Waals surface area (Å²) in [4.78, 5) is 0. The highest BCUT2D eigenvalue weighted by Gasteiger charge is 2.21. The smallest absolute Gasteiger partial charge is 0.124 e. The number of aryl methyl sites for hydroxylation is 1. The molecule has 0 aromatic heterocycles. The minimum Gasteiger partial charge on any atom is -0.485 e. The lowest BCUT2D eigenvalue weighted by Crippen LogP contribution is -2.15. The summed E-state index contributed by atoms with van der Waals surface area (Å²) >= 11 is 0. The van der Waals surface area contributed by atoms with E-state index in [1.54, 1.807) is 0 Å². The predicted molar refractivity (Wildman–Crippen MR) is 69.3 cm³/mol. The van der Waals surface area contributed by atoms with Crippen LogP contribution in [0.1, 0.15) is 29.2 Å². The van der Waals surface area contributed by atoms with Gasteiger partial charge in [-0.15, -0.1) is 0 Å². The summed E-state index contributed by atoms with van der Waals surface area (Å²) in [5.41, 5.74) is 3.99. The Balaban J connectivity index is 1.91. The monoisotopic (exact) mass is 224 g/mol. The third-order valence-electron chi connectivity index (χ3n) is 3.46. The van der Waals surface area contributed by atoms with Gasteiger partial charge in [0.15, 0.2) is 0 Å². The van der Waals surface area contributed by atoms with Crippen LogP contribution in [0.5, 0.6) is 5.75 Å². The summed E-state index contributed by atoms with van der Waals surface area (Å²) < 4.78 is 6.10. The standard InChI is InChI=1S/C16H16O/c1-12-6-5-9-16-14(12)10-11-15(17-16)13-7-3-2-4-8-13/h2-9,15H,10-11H2,1H3. The summed E-state index contributed by atoms with van der Waals surface area (Å²) in [6, 6.07) is 16.8. The van der Waals surface area contributed by atoms with Crippen LogP contribution in [0.2, 0.25) is 0 Å². The van der Waals surface area contributed by atoms with E-state index in [4.69, 9.17) is 4.74 Å². The molecule has 0 N–H and O–H groups in total. The highest BCUT2D eigenvalue weighted by Crippen LogP contribution is 2.36. The summed E-state index contributed by atoms with van der Waals surface area (Å²) in [5, 5.41) is 0. The van der Waals surface area contributed by atoms with Gasteiger partial charge < -0.3 is 4.74 Å². The lowest BCUT2D eigenvalue weighted by Gasteiger charge is -2.27. The minimum atomic E-state index is 0.213. The molecule has 0 amide bonds. The molecule has 2 aromatic carbocycles. The second-order valence-electron chi connectivity index (χ2n) is 4.61. The molecular formula is C16H16O. The van der Waals surface area contributed by atoms with Crippen molar-refractivity contribution in [2.75, 3.05) is 0 Å². The van der Waals surface area contributed by atoms with Crippen LogP contribution in [0.15, 0.2) is 48.5 Å². The fourth-order valence-electron chi connectivity index (χ4n) is 2.50. The Morgan fingerprint density at radius 2 is 1.82 bits per heavy atom. The number of benzene rings is 2. The first-order valence-corrected chi connectivity index (χ1v) is 6.15. The molecule has 1 heterocycles. The van der Waals surface area contributed by atoms with Gasteiger partial charge in [-0.3, -0.25) is 0 Å². The summed E-state index contributed by atoms with van der Waals surface area (Å²) in [5.74, 6) is 1.06. The molecule has 86 valence electrons. The first-order chi connectivity index (χ1) is 8.34. The van der Waals surface area contributed by atoms with E-state index in [0.717, 1.165) is 18.6 Å². The fourth-order valence-corrected chi connectivity index (χ4v) is 2.50. The highest BCUT2D eigenvalue weighted by molar-refractivity contribution is 5.41. The van der Waals surface area contributed by atoms with E-state index in [9.17, 15) is 0 Å². The molecule has 3 rings (SSSR count). The zero-order valence-electron chi connectivity index (χ0n) is 10.0. The second kappa shape index (κ2) is 4.25. The number of hydrogen-bond donors (Lipinski definition) is 0. The molecule has 1 aliphatic rings. The second-order valence-corrected chi connectivity index (χ2v) is 4.61. The van der Waals surface area contributed by atoms with E-state index in [0.29, 0.717) is 0 Å². The van der Waals surface area contributed by atoms with Gasteiger partial charge in [0.25, 0.3) is 0 Å². The first kappa shape index (κ1) is 10.4. The summed E-state index contributed by atoms with van der Waals surface area (Å²) in [6.45, 7) is 2.16. The number of fused-ring (bicyclic) bond motifs is 1. The van der Waals surface area contributed by atoms with Crippen LogP contribution in [0.3, 0.4) is 0 Å². The maximum atomic E-state index is 6.10. The molecule has 1 unspecified atom stereocenters. The largest absolute Gasteiger partial charge is 0.485 e. The van der Waals surface area contributed by atoms with Gasteiger partial charge in [0.1, 0.15) is 11.9 Å². The Bertz CT molecular complexity index is 516. The number of rotatable bonds is 1. The van der Waals surface area contributed by atoms with Gasteiger partial charge in [-0.1, -0.05) is 42.5 Å². The van der Waals surface area contributed by atoms with Crippen LogP contribution in [-0.4, -0.2) is 0 Å². The Kier molecular flexibility index (Phi) is 2.60. The lowest BCUT2D eigenvalue weighted by atomic mass is 9.95. The Hall–Kier alpha value is -1.76. The number of ether oxygens (including phenoxy) is 1. The molecule has 0 spiro atoms. The quantitative estimate of drug-likeness (QED) is 0.709. The first-order valence-electron chi connectivity index (χ1n) is 6.15. The van der Waals surface area contributed by atoms with Crippen molar-refractivity contribution in [1.29, 1.82) is 0 Å². The topological polar surface area (TPSA) is 9.23 Å². The Morgan fingerprint density at radius 1 is 1.00 bits per heavy atom. The Morgan fingerprint density at radius 3 is 2.65 bits per heavy atom. The van der Waals surface area contributed by atoms with E-state index >= 15 is 0 Å². The molecular weight excluding hydrogens is 208 g/mol. The molecule has 1 heteroatoms. The average molecular weight is 224 g/mol. The molecule has 2 aromatic rings. The van der Waals surface area contributed by atoms with Crippen LogP contribution in [0, 0.1) is 6.92 Å². The van der Waals surface area contributed by atoms with Gasteiger partial charge in [0.2, 0.25) is 0 Å². The normalized spacial score (nSPS) is 18.3. The van der Waals surface area contributed by atoms with Crippen LogP contribution >= 0.6 is 0 Å². The van der Waals surface area contributed by atoms with Crippen molar-refractivity contribution in [2.24, 2.45) is 0 Å². The molecule has 0 saturated heterocycles. The van der Waals surface area contributed by atoms with Crippen molar-refractivity contribution >= 4 is 0 Å². The molecule has 1 nitrogen and oxygen atoms in total. The van der Waals surface area contributed by atoms with E-state index in [2.05, 4.69) is 49.4 Å². The highest BCUT2D eigenvalue weighted by atomic mass is 16.5. The molecule has 0 bridgehead atoms. The van der Waals surface area contributed by atoms with Crippen molar-refractivity contribution in [3.05, 3.63) is 65.2 Å². The molecule has 0 fully saturated rings. The lowest BCUT2D eigenvalue weighted by molar-refractivity contribution is 0.176. The third-order valence-corrected chi connectivity index (χ3v) is 3.46. The predicted octanol–water partition coefficient (Wildman–Crippen LogP) is 4.06. The van der Waals surface area contributed by atoms with Gasteiger partial charge in [-0.25, -0.2) is 0 Å². The van der Waals surface area contributed by atoms with Crippen LogP contribution < -0.4 is 4.74 Å². The van der Waals surface area contributed by atoms with Gasteiger partial charge in [0, 0.05) is 0 Å². The maximum Gasteiger partial charge on any atom is 0.124 e. The van der Waals surface area contributed by atoms with Crippen molar-refractivity contribution in [3.8, 4) is 5.75 Å². The molecule has 17 heavy (non-hydrogen) atoms. The number of hydrogen-bond acceptors (Lipinski definition) is 1. The SMILES string of the molecule is Cc1cccc2c1CCC(c1ccccc1)O2. The van der Waals surface area contributed by atoms with Crippen molar-refractivity contribution < 1.29 is 4.74 Å². The van der Waals surface area contributed by atoms with Gasteiger partial charge in [-0.2, -0.15) is 0 Å². The molecule has 0 radical (unpaired) electrons. The van der Waals surface area contributed by atoms with Crippen molar-refractivity contribution in [2.45, 2.75) is 25.9 Å². The minimum absolute atomic E-state index is 0.213. The van der Waals surface area contributed by atoms with Crippen molar-refractivity contribution in [3.63, 3.8) is 0 Å². The van der Waals surface area contributed by atoms with Crippen LogP contribution in [0.25, 0.3) is 0 Å². The molecule has 1 atom stereocenters. The summed E-state index contributed by atoms with van der Waals surface area (Å²) in [7, 11) is 0. The fraction of sp³-hybridized carbons (Fsp3) is 0.250. The molecule has 1 aliphatic heterocycles. The zero-order chi connectivity index (χ0) is 11.7. The zero-order valence-corrected chi connectivity index (χ0v) is 10.0. The van der Waals surface area contributed by atoms with E-state index < -0.39 is 0 Å². The van der Waals surface area contributed by atoms with Gasteiger partial charge in [0.05, 0.1) is 0 Å². The third kappa shape index (κ3) is 1.93. The van der Waals surface area contributed by atoms with E-state index in [-0.39, 0.29) is 6.10 Å². The van der Waals surface area contributed by atoms with Crippen molar-refractivity contribution in [1.82, 2.24) is 0 Å². The van der Waals surface area contributed by atoms with Gasteiger partial charge in [-0.05, 0) is 42.5 Å². The van der Waals surface area contributed by atoms with Gasteiger partial charge >= 0.3 is 0 Å². The van der Waals surface area contributed by atoms with E-state index in [1.807, 2.05) is 6.07 Å². The summed E-state index contributed by atoms with van der Waals surface area (Å²) in [6.07, 6.45) is 2.40. The molecule has 0 saturated carbocycles. The van der Waals surface area contributed by atoms with Crippen LogP contribution in [-0.2, 0) is 6.42 Å². The van der Waals surface area contributed by atoms with Crippen LogP contribution in [0.4, 0.5) is 0 Å². The maximum absolute atomic E-state index is 6.10. The van der Waals surface area contributed by atoms with E-state index in [1.165, 1.54) is 16.7 Å².